The minimum Gasteiger partial charge on any atom is -0.487 e. The number of hydrogen-bond donors (Lipinski definition) is 1. The fourth-order valence-electron chi connectivity index (χ4n) is 7.15. The van der Waals surface area contributed by atoms with Crippen molar-refractivity contribution in [2.24, 2.45) is 23.2 Å². The minimum absolute atomic E-state index is 0.0327. The number of sulfonamides is 1. The van der Waals surface area contributed by atoms with Gasteiger partial charge in [-0.25, -0.2) is 13.4 Å². The predicted octanol–water partition coefficient (Wildman–Crippen LogP) is 5.01. The Morgan fingerprint density at radius 3 is 2.50 bits per heavy atom. The second-order valence-electron chi connectivity index (χ2n) is 11.1. The van der Waals surface area contributed by atoms with Gasteiger partial charge < -0.3 is 14.2 Å². The third-order valence-electron chi connectivity index (χ3n) is 8.30. The molecule has 1 N–H and O–H groups in total. The zero-order valence-electron chi connectivity index (χ0n) is 21.8. The lowest BCUT2D eigenvalue weighted by atomic mass is 9.48. The minimum atomic E-state index is -3.91. The van der Waals surface area contributed by atoms with Gasteiger partial charge in [-0.15, -0.1) is 0 Å². The van der Waals surface area contributed by atoms with E-state index in [1.807, 2.05) is 6.92 Å². The number of anilines is 1. The van der Waals surface area contributed by atoms with E-state index in [-0.39, 0.29) is 21.7 Å². The molecule has 4 bridgehead atoms. The average Bonchev–Trinajstić information content (AvgIpc) is 3.38. The summed E-state index contributed by atoms with van der Waals surface area (Å²) < 4.78 is 49.4. The molecular formula is C27H36N4O5S2. The third kappa shape index (κ3) is 6.47. The van der Waals surface area contributed by atoms with E-state index in [2.05, 4.69) is 20.1 Å². The van der Waals surface area contributed by atoms with E-state index in [0.29, 0.717) is 37.6 Å². The summed E-state index contributed by atoms with van der Waals surface area (Å²) in [5, 5.41) is 9.99. The Balaban J connectivity index is 1.28. The Kier molecular flexibility index (Phi) is 8.53. The highest BCUT2D eigenvalue weighted by atomic mass is 32.2. The van der Waals surface area contributed by atoms with Gasteiger partial charge in [-0.05, 0) is 99.7 Å². The maximum absolute atomic E-state index is 12.8. The maximum atomic E-state index is 12.8. The van der Waals surface area contributed by atoms with E-state index in [0.717, 1.165) is 42.1 Å². The van der Waals surface area contributed by atoms with E-state index in [1.54, 1.807) is 6.07 Å². The highest BCUT2D eigenvalue weighted by molar-refractivity contribution is 7.93. The fraction of sp³-hybridized carbons (Fsp3) is 0.667. The molecule has 4 aliphatic carbocycles. The largest absolute Gasteiger partial charge is 0.487 e. The first-order valence-corrected chi connectivity index (χ1v) is 15.8. The maximum Gasteiger partial charge on any atom is 0.263 e. The number of rotatable bonds is 14. The van der Waals surface area contributed by atoms with Crippen LogP contribution in [0.1, 0.15) is 63.9 Å². The van der Waals surface area contributed by atoms with Crippen molar-refractivity contribution in [1.82, 2.24) is 9.36 Å². The third-order valence-corrected chi connectivity index (χ3v) is 10.3. The lowest BCUT2D eigenvalue weighted by molar-refractivity contribution is -0.0657. The van der Waals surface area contributed by atoms with Crippen LogP contribution in [0.5, 0.6) is 5.75 Å². The normalized spacial score (nSPS) is 26.7. The van der Waals surface area contributed by atoms with Crippen LogP contribution in [0.4, 0.5) is 5.13 Å². The van der Waals surface area contributed by atoms with Gasteiger partial charge in [0.2, 0.25) is 5.13 Å². The molecule has 4 aliphatic rings. The Morgan fingerprint density at radius 1 is 1.16 bits per heavy atom. The van der Waals surface area contributed by atoms with E-state index < -0.39 is 10.0 Å². The van der Waals surface area contributed by atoms with Crippen molar-refractivity contribution in [1.29, 1.82) is 5.26 Å². The topological polar surface area (TPSA) is 123 Å². The van der Waals surface area contributed by atoms with E-state index in [9.17, 15) is 13.7 Å². The van der Waals surface area contributed by atoms with Gasteiger partial charge in [-0.3, -0.25) is 4.72 Å². The van der Waals surface area contributed by atoms with Gasteiger partial charge in [0.15, 0.2) is 0 Å². The van der Waals surface area contributed by atoms with Crippen molar-refractivity contribution >= 4 is 26.7 Å². The number of aromatic nitrogens is 2. The van der Waals surface area contributed by atoms with Crippen molar-refractivity contribution in [2.75, 3.05) is 31.1 Å². The molecule has 2 aromatic rings. The summed E-state index contributed by atoms with van der Waals surface area (Å²) in [4.78, 5) is 3.83. The molecule has 4 fully saturated rings. The van der Waals surface area contributed by atoms with Gasteiger partial charge >= 0.3 is 0 Å². The van der Waals surface area contributed by atoms with Gasteiger partial charge in [-0.2, -0.15) is 9.64 Å². The number of hydrogen-bond acceptors (Lipinski definition) is 9. The molecule has 0 saturated heterocycles. The molecular weight excluding hydrogens is 524 g/mol. The molecule has 1 aromatic carbocycles. The Labute approximate surface area is 229 Å². The van der Waals surface area contributed by atoms with E-state index in [4.69, 9.17) is 14.2 Å². The molecule has 9 nitrogen and oxygen atoms in total. The summed E-state index contributed by atoms with van der Waals surface area (Å²) in [5.41, 5.74) is 0.577. The monoisotopic (exact) mass is 560 g/mol. The Morgan fingerprint density at radius 2 is 1.87 bits per heavy atom. The first kappa shape index (κ1) is 27.3. The molecule has 6 rings (SSSR count). The van der Waals surface area contributed by atoms with Crippen molar-refractivity contribution in [3.8, 4) is 11.8 Å². The lowest BCUT2D eigenvalue weighted by Gasteiger charge is -2.57. The molecule has 0 spiro atoms. The summed E-state index contributed by atoms with van der Waals surface area (Å²) in [5.74, 6) is 3.02. The van der Waals surface area contributed by atoms with Crippen LogP contribution in [0.25, 0.3) is 0 Å². The molecule has 0 radical (unpaired) electrons. The number of benzene rings is 1. The zero-order valence-corrected chi connectivity index (χ0v) is 23.4. The van der Waals surface area contributed by atoms with Crippen LogP contribution >= 0.6 is 11.5 Å². The molecule has 206 valence electrons. The summed E-state index contributed by atoms with van der Waals surface area (Å²) in [6.45, 7) is 3.99. The van der Waals surface area contributed by atoms with Gasteiger partial charge in [0, 0.05) is 18.1 Å². The fourth-order valence-corrected chi connectivity index (χ4v) is 8.84. The molecule has 0 amide bonds. The number of nitrogens with one attached hydrogen (secondary N) is 1. The number of nitriles is 1. The van der Waals surface area contributed by atoms with E-state index in [1.165, 1.54) is 57.0 Å². The predicted molar refractivity (Wildman–Crippen MR) is 143 cm³/mol. The van der Waals surface area contributed by atoms with Crippen molar-refractivity contribution in [3.63, 3.8) is 0 Å². The molecule has 38 heavy (non-hydrogen) atoms. The summed E-state index contributed by atoms with van der Waals surface area (Å²) >= 11 is 0.940. The zero-order chi connectivity index (χ0) is 26.6. The van der Waals surface area contributed by atoms with Gasteiger partial charge in [-0.1, -0.05) is 0 Å². The Bertz CT molecular complexity index is 1190. The standard InChI is InChI=1S/C27H36N4O5S2/c1-2-34-7-8-35-17-23(5-6-27-13-19-9-20(14-27)11-21(10-19)15-27)36-25-4-3-24(12-22(25)16-28)38(32,33)31-26-29-18-30-37-26/h3-4,12,18-21,23H,2,5-11,13-15,17H2,1H3,(H,29,30,31). The number of nitrogens with zero attached hydrogens (tertiary/aromatic N) is 3. The summed E-state index contributed by atoms with van der Waals surface area (Å²) in [6, 6.07) is 6.45. The quantitative estimate of drug-likeness (QED) is 0.320. The van der Waals surface area contributed by atoms with Gasteiger partial charge in [0.1, 0.15) is 24.3 Å². The molecule has 1 heterocycles. The van der Waals surface area contributed by atoms with Crippen LogP contribution in [-0.2, 0) is 19.5 Å². The van der Waals surface area contributed by atoms with Crippen LogP contribution in [0.2, 0.25) is 0 Å². The first-order valence-electron chi connectivity index (χ1n) is 13.5. The Hall–Kier alpha value is -2.26. The smallest absolute Gasteiger partial charge is 0.263 e. The van der Waals surface area contributed by atoms with Crippen molar-refractivity contribution < 1.29 is 22.6 Å². The van der Waals surface area contributed by atoms with Crippen LogP contribution in [0.15, 0.2) is 29.4 Å². The lowest BCUT2D eigenvalue weighted by Crippen LogP contribution is -2.46. The number of ether oxygens (including phenoxy) is 3. The van der Waals surface area contributed by atoms with Crippen LogP contribution in [0.3, 0.4) is 0 Å². The molecule has 1 atom stereocenters. The molecule has 4 saturated carbocycles. The van der Waals surface area contributed by atoms with Crippen LogP contribution in [0, 0.1) is 34.5 Å². The average molecular weight is 561 g/mol. The van der Waals surface area contributed by atoms with Crippen LogP contribution < -0.4 is 9.46 Å². The van der Waals surface area contributed by atoms with Crippen molar-refractivity contribution in [3.05, 3.63) is 30.1 Å². The van der Waals surface area contributed by atoms with Crippen molar-refractivity contribution in [2.45, 2.75) is 69.3 Å². The summed E-state index contributed by atoms with van der Waals surface area (Å²) in [7, 11) is -3.91. The second kappa shape index (κ2) is 11.9. The molecule has 1 aromatic heterocycles. The molecule has 0 aliphatic heterocycles. The summed E-state index contributed by atoms with van der Waals surface area (Å²) in [6.07, 6.45) is 11.2. The first-order chi connectivity index (χ1) is 18.4. The van der Waals surface area contributed by atoms with E-state index >= 15 is 0 Å². The molecule has 1 unspecified atom stereocenters. The van der Waals surface area contributed by atoms with Gasteiger partial charge in [0.25, 0.3) is 10.0 Å². The molecule has 11 heteroatoms. The van der Waals surface area contributed by atoms with Gasteiger partial charge in [0.05, 0.1) is 30.3 Å². The van der Waals surface area contributed by atoms with Crippen LogP contribution in [-0.4, -0.2) is 50.3 Å². The highest BCUT2D eigenvalue weighted by Gasteiger charge is 2.50. The highest BCUT2D eigenvalue weighted by Crippen LogP contribution is 2.61. The second-order valence-corrected chi connectivity index (χ2v) is 13.6. The SMILES string of the molecule is CCOCCOCC(CCC12CC3CC(CC(C3)C1)C2)Oc1ccc(S(=O)(=O)Nc2ncns2)cc1C#N.